The van der Waals surface area contributed by atoms with E-state index in [0.29, 0.717) is 25.0 Å². The Bertz CT molecular complexity index is 2370. The number of ether oxygens (including phenoxy) is 5. The topological polar surface area (TPSA) is 70.9 Å². The van der Waals surface area contributed by atoms with Crippen molar-refractivity contribution in [3.63, 3.8) is 0 Å². The maximum atomic E-state index is 6.62. The van der Waals surface area contributed by atoms with Crippen LogP contribution in [0.1, 0.15) is 74.7 Å². The quantitative estimate of drug-likeness (QED) is 0.0555. The fourth-order valence-electron chi connectivity index (χ4n) is 7.35. The van der Waals surface area contributed by atoms with Gasteiger partial charge in [-0.25, -0.2) is 9.98 Å². The monoisotopic (exact) mass is 788 g/mol. The average Bonchev–Trinajstić information content (AvgIpc) is 3.24. The number of hydrogen-bond donors (Lipinski definition) is 0. The summed E-state index contributed by atoms with van der Waals surface area (Å²) in [6.45, 7) is 11.5. The molecule has 0 amide bonds. The highest BCUT2D eigenvalue weighted by Gasteiger charge is 2.30. The van der Waals surface area contributed by atoms with Crippen molar-refractivity contribution in [2.45, 2.75) is 59.3 Å². The molecule has 0 N–H and O–H groups in total. The lowest BCUT2D eigenvalue weighted by Crippen LogP contribution is -2.19. The lowest BCUT2D eigenvalue weighted by Gasteiger charge is -2.25. The minimum absolute atomic E-state index is 0.277. The van der Waals surface area contributed by atoms with Crippen molar-refractivity contribution >= 4 is 23.2 Å². The predicted octanol–water partition coefficient (Wildman–Crippen LogP) is 12.5. The van der Waals surface area contributed by atoms with Gasteiger partial charge in [0.1, 0.15) is 17.2 Å². The Kier molecular flexibility index (Phi) is 14.6. The molecule has 7 heteroatoms. The van der Waals surface area contributed by atoms with E-state index in [4.69, 9.17) is 33.7 Å². The van der Waals surface area contributed by atoms with Crippen LogP contribution in [0.2, 0.25) is 0 Å². The molecule has 0 saturated heterocycles. The zero-order valence-electron chi connectivity index (χ0n) is 35.6. The first-order chi connectivity index (χ1) is 28.7. The minimum Gasteiger partial charge on any atom is -0.496 e. The van der Waals surface area contributed by atoms with Crippen molar-refractivity contribution in [3.05, 3.63) is 184 Å². The van der Waals surface area contributed by atoms with Gasteiger partial charge in [-0.3, -0.25) is 0 Å². The molecule has 6 aromatic rings. The molecule has 59 heavy (non-hydrogen) atoms. The van der Waals surface area contributed by atoms with Crippen LogP contribution in [0.25, 0.3) is 0 Å². The number of unbranched alkanes of at least 4 members (excludes halogenated alkanes) is 1. The highest BCUT2D eigenvalue weighted by atomic mass is 16.5. The van der Waals surface area contributed by atoms with Gasteiger partial charge in [0.15, 0.2) is 0 Å². The summed E-state index contributed by atoms with van der Waals surface area (Å²) in [4.78, 5) is 10.0. The number of hydrogen-bond acceptors (Lipinski definition) is 7. The van der Waals surface area contributed by atoms with E-state index in [1.54, 1.807) is 21.3 Å². The molecule has 304 valence electrons. The number of benzene rings is 6. The second-order valence-electron chi connectivity index (χ2n) is 14.9. The summed E-state index contributed by atoms with van der Waals surface area (Å²) < 4.78 is 31.4. The van der Waals surface area contributed by atoms with E-state index in [9.17, 15) is 0 Å². The van der Waals surface area contributed by atoms with Crippen molar-refractivity contribution in [2.75, 3.05) is 34.5 Å². The Morgan fingerprint density at radius 3 is 1.24 bits per heavy atom. The van der Waals surface area contributed by atoms with E-state index < -0.39 is 0 Å². The van der Waals surface area contributed by atoms with Crippen LogP contribution in [0, 0.1) is 34.6 Å². The lowest BCUT2D eigenvalue weighted by atomic mass is 9.86. The maximum Gasteiger partial charge on any atom is 0.200 e. The highest BCUT2D eigenvalue weighted by molar-refractivity contribution is 5.91. The molecule has 2 unspecified atom stereocenters. The Morgan fingerprint density at radius 1 is 0.441 bits per heavy atom. The zero-order chi connectivity index (χ0) is 41.7. The molecular formula is C52H56N2O5. The second-order valence-corrected chi connectivity index (χ2v) is 14.9. The smallest absolute Gasteiger partial charge is 0.200 e. The summed E-state index contributed by atoms with van der Waals surface area (Å²) in [5.74, 6) is 2.81. The summed E-state index contributed by atoms with van der Waals surface area (Å²) in [6.07, 6.45) is 1.56. The largest absolute Gasteiger partial charge is 0.496 e. The number of rotatable bonds is 16. The van der Waals surface area contributed by atoms with Crippen LogP contribution in [-0.4, -0.2) is 46.3 Å². The first-order valence-electron chi connectivity index (χ1n) is 20.2. The number of methoxy groups -OCH3 is 3. The van der Waals surface area contributed by atoms with Crippen LogP contribution < -0.4 is 14.2 Å². The van der Waals surface area contributed by atoms with Crippen molar-refractivity contribution < 1.29 is 23.7 Å². The summed E-state index contributed by atoms with van der Waals surface area (Å²) in [7, 11) is 5.06. The molecule has 6 rings (SSSR count). The van der Waals surface area contributed by atoms with Gasteiger partial charge in [-0.2, -0.15) is 0 Å². The Labute approximate surface area is 350 Å². The van der Waals surface area contributed by atoms with E-state index in [-0.39, 0.29) is 11.8 Å². The van der Waals surface area contributed by atoms with Gasteiger partial charge in [0.05, 0.1) is 57.8 Å². The molecule has 0 radical (unpaired) electrons. The molecular weight excluding hydrogens is 733 g/mol. The lowest BCUT2D eigenvalue weighted by molar-refractivity contribution is 0.263. The van der Waals surface area contributed by atoms with E-state index in [1.807, 2.05) is 78.9 Å². The summed E-state index contributed by atoms with van der Waals surface area (Å²) in [6, 6.07) is 45.2. The molecule has 2 atom stereocenters. The van der Waals surface area contributed by atoms with Gasteiger partial charge < -0.3 is 23.7 Å². The molecule has 0 aromatic heterocycles. The first kappa shape index (κ1) is 42.3. The Balaban J connectivity index is 1.24. The van der Waals surface area contributed by atoms with Gasteiger partial charge in [0.25, 0.3) is 0 Å². The first-order valence-corrected chi connectivity index (χ1v) is 20.2. The van der Waals surface area contributed by atoms with Crippen molar-refractivity contribution in [1.82, 2.24) is 0 Å². The molecule has 0 bridgehead atoms. The van der Waals surface area contributed by atoms with E-state index in [2.05, 4.69) is 89.2 Å². The fourth-order valence-corrected chi connectivity index (χ4v) is 7.35. The molecule has 7 nitrogen and oxygen atoms in total. The third-order valence-corrected chi connectivity index (χ3v) is 10.4. The fraction of sp³-hybridized carbons (Fsp3) is 0.269. The van der Waals surface area contributed by atoms with Gasteiger partial charge >= 0.3 is 0 Å². The molecule has 0 spiro atoms. The normalized spacial score (nSPS) is 12.7. The molecule has 0 heterocycles. The zero-order valence-corrected chi connectivity index (χ0v) is 35.6. The van der Waals surface area contributed by atoms with E-state index in [0.717, 1.165) is 86.0 Å². The van der Waals surface area contributed by atoms with Gasteiger partial charge in [-0.15, -0.1) is 0 Å². The predicted molar refractivity (Wildman–Crippen MR) is 241 cm³/mol. The number of aliphatic imine (C=N–C) groups is 2. The Hall–Kier alpha value is -6.34. The SMILES string of the molecule is COC(=Nc1ccccc1)C(c1cc(C)ccc1C)c1cc(C)ccc1OCCCCOc1ccc(C)cc1C(C(=Nc1ccccc1)OC)c1cc(C)ccc1OC. The number of para-hydroxylation sites is 2. The van der Waals surface area contributed by atoms with Gasteiger partial charge in [-0.05, 0) is 101 Å². The standard InChI is InChI=1S/C52H56N2O5/c1-35-21-25-39(5)42(31-35)49(51(56-7)53-40-17-11-9-12-18-40)44-33-37(3)23-27-47(44)58-29-15-16-30-59-48-28-24-38(4)34-45(48)50(43-32-36(2)22-26-46(43)55-6)52(57-8)54-41-19-13-10-14-20-41/h9-14,17-28,31-34,49-50H,15-16,29-30H2,1-8H3. The van der Waals surface area contributed by atoms with Crippen LogP contribution in [-0.2, 0) is 9.47 Å². The maximum absolute atomic E-state index is 6.62. The average molecular weight is 789 g/mol. The van der Waals surface area contributed by atoms with E-state index in [1.165, 1.54) is 5.56 Å². The summed E-state index contributed by atoms with van der Waals surface area (Å²) in [5.41, 5.74) is 11.3. The molecule has 0 saturated carbocycles. The molecule has 0 fully saturated rings. The van der Waals surface area contributed by atoms with Crippen molar-refractivity contribution in [3.8, 4) is 17.2 Å². The minimum atomic E-state index is -0.388. The van der Waals surface area contributed by atoms with Crippen LogP contribution in [0.15, 0.2) is 143 Å². The van der Waals surface area contributed by atoms with Gasteiger partial charge in [-0.1, -0.05) is 113 Å². The van der Waals surface area contributed by atoms with Crippen LogP contribution in [0.5, 0.6) is 17.2 Å². The molecule has 0 aliphatic rings. The number of aryl methyl sites for hydroxylation is 5. The number of nitrogens with zero attached hydrogens (tertiary/aromatic N) is 2. The van der Waals surface area contributed by atoms with Crippen LogP contribution in [0.4, 0.5) is 11.4 Å². The van der Waals surface area contributed by atoms with Crippen LogP contribution >= 0.6 is 0 Å². The van der Waals surface area contributed by atoms with Crippen molar-refractivity contribution in [1.29, 1.82) is 0 Å². The molecule has 0 aliphatic carbocycles. The van der Waals surface area contributed by atoms with Crippen LogP contribution in [0.3, 0.4) is 0 Å². The Morgan fingerprint density at radius 2 is 0.814 bits per heavy atom. The molecule has 6 aromatic carbocycles. The third kappa shape index (κ3) is 10.8. The summed E-state index contributed by atoms with van der Waals surface area (Å²) >= 11 is 0. The van der Waals surface area contributed by atoms with Crippen molar-refractivity contribution in [2.24, 2.45) is 9.98 Å². The van der Waals surface area contributed by atoms with Gasteiger partial charge in [0, 0.05) is 16.7 Å². The second kappa shape index (κ2) is 20.4. The third-order valence-electron chi connectivity index (χ3n) is 10.4. The van der Waals surface area contributed by atoms with E-state index >= 15 is 0 Å². The van der Waals surface area contributed by atoms with Gasteiger partial charge in [0.2, 0.25) is 11.8 Å². The highest BCUT2D eigenvalue weighted by Crippen LogP contribution is 2.41. The summed E-state index contributed by atoms with van der Waals surface area (Å²) in [5, 5.41) is 0. The molecule has 0 aliphatic heterocycles.